The Balaban J connectivity index is 1.96. The van der Waals surface area contributed by atoms with Crippen LogP contribution < -0.4 is 15.0 Å². The summed E-state index contributed by atoms with van der Waals surface area (Å²) < 4.78 is 66.4. The Morgan fingerprint density at radius 2 is 1.87 bits per heavy atom. The summed E-state index contributed by atoms with van der Waals surface area (Å²) in [5, 5.41) is 0. The van der Waals surface area contributed by atoms with Crippen molar-refractivity contribution in [3.05, 3.63) is 83.2 Å². The van der Waals surface area contributed by atoms with Crippen LogP contribution in [0.3, 0.4) is 0 Å². The van der Waals surface area contributed by atoms with Crippen LogP contribution >= 0.6 is 0 Å². The molecule has 3 aromatic rings. The van der Waals surface area contributed by atoms with Crippen molar-refractivity contribution in [3.63, 3.8) is 0 Å². The van der Waals surface area contributed by atoms with E-state index in [0.717, 1.165) is 12.1 Å². The number of fused-ring (bicyclic) bond motifs is 3. The average molecular weight is 417 g/mol. The highest BCUT2D eigenvalue weighted by atomic mass is 19.3. The lowest BCUT2D eigenvalue weighted by molar-refractivity contribution is -0.151. The Morgan fingerprint density at radius 1 is 1.10 bits per heavy atom. The van der Waals surface area contributed by atoms with E-state index in [1.807, 2.05) is 0 Å². The molecule has 0 radical (unpaired) electrons. The minimum Gasteiger partial charge on any atom is -0.496 e. The van der Waals surface area contributed by atoms with Gasteiger partial charge in [-0.05, 0) is 41.5 Å². The maximum Gasteiger partial charge on any atom is 0.352 e. The molecular weight excluding hydrogens is 402 g/mol. The lowest BCUT2D eigenvalue weighted by atomic mass is 9.87. The van der Waals surface area contributed by atoms with Crippen LogP contribution in [0.4, 0.5) is 17.7 Å². The molecule has 0 bridgehead atoms. The second-order valence-corrected chi connectivity index (χ2v) is 6.69. The fourth-order valence-electron chi connectivity index (χ4n) is 3.55. The predicted octanol–water partition coefficient (Wildman–Crippen LogP) is 5.08. The molecule has 0 spiro atoms. The number of nitrogens with one attached hydrogen (secondary N) is 1. The van der Waals surface area contributed by atoms with Crippen LogP contribution in [-0.4, -0.2) is 13.0 Å². The van der Waals surface area contributed by atoms with Gasteiger partial charge in [0, 0.05) is 11.1 Å². The lowest BCUT2D eigenvalue weighted by Gasteiger charge is -2.31. The number of ether oxygens (including phenoxy) is 2. The van der Waals surface area contributed by atoms with Gasteiger partial charge < -0.3 is 9.47 Å². The summed E-state index contributed by atoms with van der Waals surface area (Å²) in [6.45, 7) is 0. The van der Waals surface area contributed by atoms with E-state index in [-0.39, 0.29) is 5.56 Å². The number of hydrogen-bond acceptors (Lipinski definition) is 3. The van der Waals surface area contributed by atoms with Gasteiger partial charge in [-0.3, -0.25) is 4.79 Å². The number of methoxy groups -OCH3 is 1. The average Bonchev–Trinajstić information content (AvgIpc) is 2.76. The van der Waals surface area contributed by atoms with Gasteiger partial charge in [0.2, 0.25) is 0 Å². The van der Waals surface area contributed by atoms with Gasteiger partial charge in [0.1, 0.15) is 23.4 Å². The molecular formula is C22H15F4NO3. The van der Waals surface area contributed by atoms with E-state index in [1.54, 1.807) is 24.3 Å². The van der Waals surface area contributed by atoms with Crippen molar-refractivity contribution in [2.45, 2.75) is 12.0 Å². The number of rotatable bonds is 4. The van der Waals surface area contributed by atoms with Crippen molar-refractivity contribution in [1.82, 2.24) is 5.54 Å². The van der Waals surface area contributed by atoms with Crippen LogP contribution in [0, 0.1) is 5.82 Å². The molecule has 1 atom stereocenters. The summed E-state index contributed by atoms with van der Waals surface area (Å²) in [6.07, 6.45) is -0.931. The van der Waals surface area contributed by atoms with Crippen molar-refractivity contribution in [2.75, 3.05) is 7.11 Å². The van der Waals surface area contributed by atoms with E-state index in [1.165, 1.54) is 31.4 Å². The smallest absolute Gasteiger partial charge is 0.352 e. The first-order valence-corrected chi connectivity index (χ1v) is 8.89. The Hall–Kier alpha value is -3.55. The van der Waals surface area contributed by atoms with Gasteiger partial charge in [-0.15, -0.1) is 4.48 Å². The molecule has 154 valence electrons. The number of alkyl halides is 2. The largest absolute Gasteiger partial charge is 0.496 e. The van der Waals surface area contributed by atoms with Crippen LogP contribution in [-0.2, 0) is 10.7 Å². The molecule has 1 unspecified atom stereocenters. The van der Waals surface area contributed by atoms with Gasteiger partial charge in [-0.1, -0.05) is 30.3 Å². The minimum atomic E-state index is -4.11. The van der Waals surface area contributed by atoms with E-state index >= 15 is 0 Å². The third-order valence-electron chi connectivity index (χ3n) is 4.94. The molecule has 0 aromatic heterocycles. The number of hydrogen-bond donors (Lipinski definition) is 1. The quantitative estimate of drug-likeness (QED) is 0.476. The van der Waals surface area contributed by atoms with Gasteiger partial charge in [0.15, 0.2) is 0 Å². The number of benzene rings is 3. The van der Waals surface area contributed by atoms with Gasteiger partial charge >= 0.3 is 11.8 Å². The summed E-state index contributed by atoms with van der Waals surface area (Å²) in [4.78, 5) is 11.4. The molecule has 0 fully saturated rings. The van der Waals surface area contributed by atoms with Crippen molar-refractivity contribution in [2.24, 2.45) is 0 Å². The molecule has 0 saturated heterocycles. The number of halogens is 4. The summed E-state index contributed by atoms with van der Waals surface area (Å²) >= 11 is 0. The fourth-order valence-corrected chi connectivity index (χ4v) is 3.55. The maximum absolute atomic E-state index is 14.4. The fraction of sp³-hybridized carbons (Fsp3) is 0.136. The molecule has 0 aliphatic carbocycles. The van der Waals surface area contributed by atoms with Crippen molar-refractivity contribution in [1.29, 1.82) is 0 Å². The highest BCUT2D eigenvalue weighted by Gasteiger charge is 2.43. The van der Waals surface area contributed by atoms with Crippen LogP contribution in [0.1, 0.15) is 22.8 Å². The second-order valence-electron chi connectivity index (χ2n) is 6.69. The van der Waals surface area contributed by atoms with Gasteiger partial charge in [-0.25, -0.2) is 4.39 Å². The SMILES string of the molecule is COc1cccc2c1-c1ccc(C(F)(F)C(=O)NF)cc1C(c1cccc(F)c1)O2. The normalized spacial score (nSPS) is 14.9. The molecule has 1 N–H and O–H groups in total. The third kappa shape index (κ3) is 3.14. The highest BCUT2D eigenvalue weighted by molar-refractivity contribution is 5.86. The summed E-state index contributed by atoms with van der Waals surface area (Å²) in [5.74, 6) is -5.84. The molecule has 3 aromatic carbocycles. The van der Waals surface area contributed by atoms with Crippen molar-refractivity contribution < 1.29 is 31.9 Å². The Morgan fingerprint density at radius 3 is 2.57 bits per heavy atom. The standard InChI is InChI=1S/C22H15F4NO3/c1-29-17-6-3-7-18-19(17)15-9-8-13(22(24,25)21(28)27-26)11-16(15)20(30-18)12-4-2-5-14(23)10-12/h2-11,20H,1H3,(H,27,28). The van der Waals surface area contributed by atoms with Crippen molar-refractivity contribution in [3.8, 4) is 22.6 Å². The summed E-state index contributed by atoms with van der Waals surface area (Å²) in [5.41, 5.74) is 1.46. The van der Waals surface area contributed by atoms with Crippen LogP contribution in [0.15, 0.2) is 60.7 Å². The summed E-state index contributed by atoms with van der Waals surface area (Å²) in [6, 6.07) is 14.1. The summed E-state index contributed by atoms with van der Waals surface area (Å²) in [7, 11) is 1.46. The number of amides is 1. The minimum absolute atomic E-state index is 0.265. The van der Waals surface area contributed by atoms with E-state index in [2.05, 4.69) is 0 Å². The number of carbonyl (C=O) groups excluding carboxylic acids is 1. The Bertz CT molecular complexity index is 1130. The number of carbonyl (C=O) groups is 1. The predicted molar refractivity (Wildman–Crippen MR) is 100 cm³/mol. The molecule has 1 heterocycles. The second kappa shape index (κ2) is 7.37. The van der Waals surface area contributed by atoms with E-state index in [9.17, 15) is 22.4 Å². The van der Waals surface area contributed by atoms with E-state index in [4.69, 9.17) is 9.47 Å². The monoisotopic (exact) mass is 417 g/mol. The third-order valence-corrected chi connectivity index (χ3v) is 4.94. The maximum atomic E-state index is 14.4. The highest BCUT2D eigenvalue weighted by Crippen LogP contribution is 2.49. The molecule has 4 rings (SSSR count). The van der Waals surface area contributed by atoms with Crippen LogP contribution in [0.5, 0.6) is 11.5 Å². The Kier molecular flexibility index (Phi) is 4.85. The molecule has 0 saturated carbocycles. The molecule has 1 aliphatic heterocycles. The van der Waals surface area contributed by atoms with Gasteiger partial charge in [0.25, 0.3) is 0 Å². The molecule has 1 amide bonds. The van der Waals surface area contributed by atoms with Gasteiger partial charge in [-0.2, -0.15) is 14.3 Å². The first kappa shape index (κ1) is 19.8. The molecule has 30 heavy (non-hydrogen) atoms. The molecule has 4 nitrogen and oxygen atoms in total. The molecule has 8 heteroatoms. The van der Waals surface area contributed by atoms with E-state index in [0.29, 0.717) is 33.7 Å². The first-order valence-electron chi connectivity index (χ1n) is 8.89. The zero-order valence-electron chi connectivity index (χ0n) is 15.6. The first-order chi connectivity index (χ1) is 14.4. The van der Waals surface area contributed by atoms with Crippen LogP contribution in [0.2, 0.25) is 0 Å². The van der Waals surface area contributed by atoms with E-state index < -0.39 is 29.3 Å². The van der Waals surface area contributed by atoms with Crippen molar-refractivity contribution >= 4 is 5.91 Å². The topological polar surface area (TPSA) is 47.6 Å². The van der Waals surface area contributed by atoms with Gasteiger partial charge in [0.05, 0.1) is 12.7 Å². The zero-order chi connectivity index (χ0) is 21.5. The molecule has 1 aliphatic rings. The zero-order valence-corrected chi connectivity index (χ0v) is 15.6. The lowest BCUT2D eigenvalue weighted by Crippen LogP contribution is -2.34. The van der Waals surface area contributed by atoms with Crippen LogP contribution in [0.25, 0.3) is 11.1 Å². The Labute approximate surface area is 169 Å².